The molecule has 0 aliphatic heterocycles. The zero-order valence-corrected chi connectivity index (χ0v) is 11.3. The molecule has 0 aromatic heterocycles. The fourth-order valence-electron chi connectivity index (χ4n) is 1.61. The van der Waals surface area contributed by atoms with Crippen LogP contribution in [-0.4, -0.2) is 24.6 Å². The average Bonchev–Trinajstić information content (AvgIpc) is 2.16. The summed E-state index contributed by atoms with van der Waals surface area (Å²) in [6.45, 7) is 8.22. The standard InChI is InChI=1S/C13H24O4/c1-5-16-12(14)7-6-8-13(15)17-11(4)9-10(2)3/h10-11H,5-9H2,1-4H3. The van der Waals surface area contributed by atoms with E-state index in [1.54, 1.807) is 6.92 Å². The van der Waals surface area contributed by atoms with Gasteiger partial charge in [-0.05, 0) is 32.6 Å². The Kier molecular flexibility index (Phi) is 8.46. The molecule has 0 fully saturated rings. The first-order valence-corrected chi connectivity index (χ1v) is 6.30. The molecule has 100 valence electrons. The van der Waals surface area contributed by atoms with Crippen molar-refractivity contribution in [1.82, 2.24) is 0 Å². The summed E-state index contributed by atoms with van der Waals surface area (Å²) in [4.78, 5) is 22.4. The van der Waals surface area contributed by atoms with Gasteiger partial charge in [-0.25, -0.2) is 0 Å². The molecule has 1 unspecified atom stereocenters. The summed E-state index contributed by atoms with van der Waals surface area (Å²) in [5.41, 5.74) is 0. The molecule has 0 amide bonds. The summed E-state index contributed by atoms with van der Waals surface area (Å²) in [5.74, 6) is 0.0234. The highest BCUT2D eigenvalue weighted by Crippen LogP contribution is 2.09. The largest absolute Gasteiger partial charge is 0.466 e. The molecule has 0 saturated carbocycles. The Bertz CT molecular complexity index is 236. The highest BCUT2D eigenvalue weighted by atomic mass is 16.5. The number of rotatable bonds is 8. The lowest BCUT2D eigenvalue weighted by atomic mass is 10.1. The van der Waals surface area contributed by atoms with Crippen LogP contribution in [0.15, 0.2) is 0 Å². The third kappa shape index (κ3) is 9.85. The quantitative estimate of drug-likeness (QED) is 0.616. The predicted octanol–water partition coefficient (Wildman–Crippen LogP) is 2.70. The molecular weight excluding hydrogens is 220 g/mol. The maximum atomic E-state index is 11.4. The Balaban J connectivity index is 3.62. The maximum absolute atomic E-state index is 11.4. The summed E-state index contributed by atoms with van der Waals surface area (Å²) < 4.78 is 9.98. The van der Waals surface area contributed by atoms with E-state index in [9.17, 15) is 9.59 Å². The van der Waals surface area contributed by atoms with Crippen molar-refractivity contribution in [2.45, 2.75) is 59.5 Å². The highest BCUT2D eigenvalue weighted by Gasteiger charge is 2.11. The number of hydrogen-bond acceptors (Lipinski definition) is 4. The van der Waals surface area contributed by atoms with Crippen molar-refractivity contribution in [1.29, 1.82) is 0 Å². The molecule has 0 aliphatic carbocycles. The van der Waals surface area contributed by atoms with Gasteiger partial charge in [0.1, 0.15) is 0 Å². The molecule has 0 aliphatic rings. The molecular formula is C13H24O4. The van der Waals surface area contributed by atoms with Crippen molar-refractivity contribution < 1.29 is 19.1 Å². The van der Waals surface area contributed by atoms with Gasteiger partial charge in [-0.15, -0.1) is 0 Å². The Morgan fingerprint density at radius 1 is 1.06 bits per heavy atom. The van der Waals surface area contributed by atoms with Crippen LogP contribution >= 0.6 is 0 Å². The van der Waals surface area contributed by atoms with Crippen LogP contribution < -0.4 is 0 Å². The van der Waals surface area contributed by atoms with E-state index in [1.807, 2.05) is 6.92 Å². The van der Waals surface area contributed by atoms with Crippen molar-refractivity contribution in [3.8, 4) is 0 Å². The molecule has 1 atom stereocenters. The topological polar surface area (TPSA) is 52.6 Å². The second-order valence-electron chi connectivity index (χ2n) is 4.59. The lowest BCUT2D eigenvalue weighted by molar-refractivity contribution is -0.149. The molecule has 0 aromatic rings. The Hall–Kier alpha value is -1.06. The lowest BCUT2D eigenvalue weighted by Gasteiger charge is -2.14. The molecule has 0 bridgehead atoms. The number of esters is 2. The van der Waals surface area contributed by atoms with Gasteiger partial charge in [0.2, 0.25) is 0 Å². The molecule has 0 spiro atoms. The Labute approximate surface area is 104 Å². The van der Waals surface area contributed by atoms with Gasteiger partial charge in [-0.2, -0.15) is 0 Å². The first-order chi connectivity index (χ1) is 7.95. The molecule has 17 heavy (non-hydrogen) atoms. The SMILES string of the molecule is CCOC(=O)CCCC(=O)OC(C)CC(C)C. The van der Waals surface area contributed by atoms with Gasteiger partial charge >= 0.3 is 11.9 Å². The normalized spacial score (nSPS) is 12.3. The van der Waals surface area contributed by atoms with Crippen molar-refractivity contribution in [2.75, 3.05) is 6.61 Å². The smallest absolute Gasteiger partial charge is 0.306 e. The maximum Gasteiger partial charge on any atom is 0.306 e. The van der Waals surface area contributed by atoms with E-state index in [0.717, 1.165) is 6.42 Å². The molecule has 4 nitrogen and oxygen atoms in total. The summed E-state index contributed by atoms with van der Waals surface area (Å²) in [6, 6.07) is 0. The third-order valence-corrected chi connectivity index (χ3v) is 2.20. The molecule has 0 heterocycles. The monoisotopic (exact) mass is 244 g/mol. The number of carbonyl (C=O) groups is 2. The van der Waals surface area contributed by atoms with E-state index in [0.29, 0.717) is 18.9 Å². The molecule has 4 heteroatoms. The first kappa shape index (κ1) is 15.9. The van der Waals surface area contributed by atoms with E-state index < -0.39 is 0 Å². The van der Waals surface area contributed by atoms with Gasteiger partial charge in [-0.1, -0.05) is 13.8 Å². The second-order valence-corrected chi connectivity index (χ2v) is 4.59. The highest BCUT2D eigenvalue weighted by molar-refractivity contribution is 5.72. The van der Waals surface area contributed by atoms with E-state index in [4.69, 9.17) is 9.47 Å². The lowest BCUT2D eigenvalue weighted by Crippen LogP contribution is -2.17. The van der Waals surface area contributed by atoms with Crippen molar-refractivity contribution in [3.63, 3.8) is 0 Å². The second kappa shape index (κ2) is 9.02. The van der Waals surface area contributed by atoms with E-state index >= 15 is 0 Å². The minimum atomic E-state index is -0.254. The summed E-state index contributed by atoms with van der Waals surface area (Å²) >= 11 is 0. The molecule has 0 rings (SSSR count). The number of ether oxygens (including phenoxy) is 2. The van der Waals surface area contributed by atoms with Crippen molar-refractivity contribution in [3.05, 3.63) is 0 Å². The van der Waals surface area contributed by atoms with Gasteiger partial charge < -0.3 is 9.47 Å². The summed E-state index contributed by atoms with van der Waals surface area (Å²) in [6.07, 6.45) is 1.86. The van der Waals surface area contributed by atoms with E-state index in [2.05, 4.69) is 13.8 Å². The van der Waals surface area contributed by atoms with Gasteiger partial charge in [0.15, 0.2) is 0 Å². The molecule has 0 radical (unpaired) electrons. The first-order valence-electron chi connectivity index (χ1n) is 6.30. The van der Waals surface area contributed by atoms with Crippen LogP contribution in [0.25, 0.3) is 0 Å². The zero-order chi connectivity index (χ0) is 13.3. The van der Waals surface area contributed by atoms with E-state index in [-0.39, 0.29) is 30.9 Å². The van der Waals surface area contributed by atoms with Crippen LogP contribution in [-0.2, 0) is 19.1 Å². The van der Waals surface area contributed by atoms with Crippen molar-refractivity contribution in [2.24, 2.45) is 5.92 Å². The van der Waals surface area contributed by atoms with Crippen LogP contribution in [0.1, 0.15) is 53.4 Å². The number of carbonyl (C=O) groups excluding carboxylic acids is 2. The van der Waals surface area contributed by atoms with Gasteiger partial charge in [0, 0.05) is 12.8 Å². The fourth-order valence-corrected chi connectivity index (χ4v) is 1.61. The van der Waals surface area contributed by atoms with Crippen LogP contribution in [0, 0.1) is 5.92 Å². The molecule has 0 N–H and O–H groups in total. The third-order valence-electron chi connectivity index (χ3n) is 2.20. The Morgan fingerprint density at radius 2 is 1.65 bits per heavy atom. The Morgan fingerprint density at radius 3 is 2.18 bits per heavy atom. The minimum absolute atomic E-state index is 0.0508. The van der Waals surface area contributed by atoms with Crippen LogP contribution in [0.2, 0.25) is 0 Å². The van der Waals surface area contributed by atoms with Crippen LogP contribution in [0.3, 0.4) is 0 Å². The summed E-state index contributed by atoms with van der Waals surface area (Å²) in [5, 5.41) is 0. The van der Waals surface area contributed by atoms with Crippen LogP contribution in [0.4, 0.5) is 0 Å². The van der Waals surface area contributed by atoms with Crippen LogP contribution in [0.5, 0.6) is 0 Å². The van der Waals surface area contributed by atoms with Gasteiger partial charge in [0.05, 0.1) is 12.7 Å². The minimum Gasteiger partial charge on any atom is -0.466 e. The zero-order valence-electron chi connectivity index (χ0n) is 11.3. The average molecular weight is 244 g/mol. The van der Waals surface area contributed by atoms with Crippen molar-refractivity contribution >= 4 is 11.9 Å². The van der Waals surface area contributed by atoms with Gasteiger partial charge in [0.25, 0.3) is 0 Å². The van der Waals surface area contributed by atoms with E-state index in [1.165, 1.54) is 0 Å². The number of hydrogen-bond donors (Lipinski definition) is 0. The fraction of sp³-hybridized carbons (Fsp3) is 0.846. The molecule has 0 saturated heterocycles. The molecule has 0 aromatic carbocycles. The predicted molar refractivity (Wildman–Crippen MR) is 65.5 cm³/mol. The summed E-state index contributed by atoms with van der Waals surface area (Å²) in [7, 11) is 0. The van der Waals surface area contributed by atoms with Gasteiger partial charge in [-0.3, -0.25) is 9.59 Å².